The minimum absolute atomic E-state index is 0.109. The van der Waals surface area contributed by atoms with Crippen LogP contribution < -0.4 is 19.5 Å². The molecule has 0 spiro atoms. The van der Waals surface area contributed by atoms with Gasteiger partial charge in [0.15, 0.2) is 11.5 Å². The predicted molar refractivity (Wildman–Crippen MR) is 135 cm³/mol. The normalized spacial score (nSPS) is 16.6. The summed E-state index contributed by atoms with van der Waals surface area (Å²) in [7, 11) is 0. The maximum atomic E-state index is 13.3. The van der Waals surface area contributed by atoms with Crippen LogP contribution in [-0.4, -0.2) is 71.0 Å². The van der Waals surface area contributed by atoms with E-state index in [2.05, 4.69) is 27.2 Å². The number of hydrogen-bond donors (Lipinski definition) is 2. The van der Waals surface area contributed by atoms with E-state index < -0.39 is 0 Å². The van der Waals surface area contributed by atoms with Gasteiger partial charge in [-0.1, -0.05) is 13.3 Å². The largest absolute Gasteiger partial charge is 0.493 e. The summed E-state index contributed by atoms with van der Waals surface area (Å²) < 4.78 is 22.6. The van der Waals surface area contributed by atoms with Gasteiger partial charge in [-0.2, -0.15) is 0 Å². The van der Waals surface area contributed by atoms with Crippen LogP contribution >= 0.6 is 0 Å². The van der Waals surface area contributed by atoms with Gasteiger partial charge in [-0.25, -0.2) is 14.8 Å². The van der Waals surface area contributed by atoms with E-state index in [1.807, 2.05) is 12.1 Å². The Kier molecular flexibility index (Phi) is 7.29. The van der Waals surface area contributed by atoms with E-state index in [4.69, 9.17) is 18.9 Å². The Morgan fingerprint density at radius 2 is 2.14 bits per heavy atom. The van der Waals surface area contributed by atoms with Gasteiger partial charge in [-0.05, 0) is 38.3 Å². The Morgan fingerprint density at radius 1 is 1.24 bits per heavy atom. The number of amides is 2. The first-order valence-electron chi connectivity index (χ1n) is 12.7. The average Bonchev–Trinajstić information content (AvgIpc) is 3.56. The van der Waals surface area contributed by atoms with Gasteiger partial charge >= 0.3 is 6.09 Å². The first-order chi connectivity index (χ1) is 18.1. The van der Waals surface area contributed by atoms with Gasteiger partial charge in [-0.3, -0.25) is 4.79 Å². The summed E-state index contributed by atoms with van der Waals surface area (Å²) in [5, 5.41) is 3.05. The Hall–Kier alpha value is -4.02. The maximum absolute atomic E-state index is 13.3. The van der Waals surface area contributed by atoms with E-state index in [-0.39, 0.29) is 24.8 Å². The number of unbranched alkanes of at least 4 members (excludes halogenated alkanes) is 1. The number of piperidine rings is 1. The van der Waals surface area contributed by atoms with Crippen LogP contribution in [0.4, 0.5) is 4.79 Å². The first kappa shape index (κ1) is 24.7. The molecule has 11 heteroatoms. The minimum atomic E-state index is -0.357. The van der Waals surface area contributed by atoms with E-state index in [0.717, 1.165) is 25.7 Å². The molecular weight excluding hydrogens is 478 g/mol. The number of aromatic amines is 1. The molecule has 5 rings (SSSR count). The number of carbonyl (C=O) groups is 2. The summed E-state index contributed by atoms with van der Waals surface area (Å²) in [6.45, 7) is 5.88. The molecule has 1 unspecified atom stereocenters. The highest BCUT2D eigenvalue weighted by Crippen LogP contribution is 2.47. The predicted octanol–water partition coefficient (Wildman–Crippen LogP) is 3.88. The van der Waals surface area contributed by atoms with Crippen LogP contribution in [0.25, 0.3) is 22.3 Å². The molecule has 1 fully saturated rings. The third-order valence-corrected chi connectivity index (χ3v) is 6.48. The van der Waals surface area contributed by atoms with Crippen molar-refractivity contribution in [2.24, 2.45) is 0 Å². The molecular formula is C26H31N5O6. The topological polar surface area (TPSA) is 128 Å². The fourth-order valence-corrected chi connectivity index (χ4v) is 4.67. The van der Waals surface area contributed by atoms with Gasteiger partial charge in [-0.15, -0.1) is 0 Å². The number of likely N-dealkylation sites (tertiary alicyclic amines) is 1. The molecule has 2 N–H and O–H groups in total. The number of aromatic nitrogens is 3. The van der Waals surface area contributed by atoms with E-state index in [1.54, 1.807) is 18.0 Å². The van der Waals surface area contributed by atoms with E-state index >= 15 is 0 Å². The highest BCUT2D eigenvalue weighted by molar-refractivity contribution is 6.08. The van der Waals surface area contributed by atoms with Crippen LogP contribution in [0.1, 0.15) is 49.9 Å². The molecule has 0 bridgehead atoms. The summed E-state index contributed by atoms with van der Waals surface area (Å²) in [6, 6.07) is 3.49. The molecule has 11 nitrogen and oxygen atoms in total. The molecule has 3 aromatic rings. The zero-order chi connectivity index (χ0) is 25.8. The van der Waals surface area contributed by atoms with Crippen molar-refractivity contribution < 1.29 is 28.5 Å². The Balaban J connectivity index is 1.43. The third kappa shape index (κ3) is 4.98. The fraction of sp³-hybridized carbons (Fsp3) is 0.462. The Morgan fingerprint density at radius 3 is 2.97 bits per heavy atom. The van der Waals surface area contributed by atoms with Crippen molar-refractivity contribution in [2.75, 3.05) is 33.1 Å². The van der Waals surface area contributed by atoms with Gasteiger partial charge in [0, 0.05) is 25.3 Å². The number of carbonyl (C=O) groups excluding carboxylic acids is 2. The van der Waals surface area contributed by atoms with Gasteiger partial charge in [0.05, 0.1) is 29.9 Å². The van der Waals surface area contributed by atoms with E-state index in [0.29, 0.717) is 71.4 Å². The molecule has 196 valence electrons. The number of fused-ring (bicyclic) bond motifs is 2. The zero-order valence-corrected chi connectivity index (χ0v) is 21.0. The Bertz CT molecular complexity index is 1290. The van der Waals surface area contributed by atoms with Gasteiger partial charge in [0.1, 0.15) is 23.3 Å². The minimum Gasteiger partial charge on any atom is -0.493 e. The summed E-state index contributed by atoms with van der Waals surface area (Å²) >= 11 is 0. The number of rotatable bonds is 8. The molecule has 0 aliphatic carbocycles. The van der Waals surface area contributed by atoms with Crippen molar-refractivity contribution in [1.82, 2.24) is 25.2 Å². The van der Waals surface area contributed by atoms with E-state index in [1.165, 1.54) is 6.33 Å². The molecule has 2 aliphatic rings. The number of hydrogen-bond acceptors (Lipinski definition) is 8. The molecule has 0 radical (unpaired) electrons. The highest BCUT2D eigenvalue weighted by atomic mass is 16.7. The summed E-state index contributed by atoms with van der Waals surface area (Å²) in [5.74, 6) is 1.51. The van der Waals surface area contributed by atoms with Crippen molar-refractivity contribution in [2.45, 2.75) is 45.6 Å². The van der Waals surface area contributed by atoms with Crippen LogP contribution in [0.3, 0.4) is 0 Å². The van der Waals surface area contributed by atoms with Crippen molar-refractivity contribution in [3.8, 4) is 28.5 Å². The molecule has 1 aromatic carbocycles. The molecule has 2 aliphatic heterocycles. The molecule has 1 atom stereocenters. The molecule has 2 amide bonds. The second-order valence-electron chi connectivity index (χ2n) is 8.98. The van der Waals surface area contributed by atoms with Crippen LogP contribution in [0.2, 0.25) is 0 Å². The van der Waals surface area contributed by atoms with Crippen LogP contribution in [0, 0.1) is 0 Å². The molecule has 0 saturated carbocycles. The van der Waals surface area contributed by atoms with Crippen molar-refractivity contribution >= 4 is 23.0 Å². The van der Waals surface area contributed by atoms with Gasteiger partial charge < -0.3 is 34.1 Å². The lowest BCUT2D eigenvalue weighted by molar-refractivity contribution is 0.0822. The number of nitrogens with one attached hydrogen (secondary N) is 2. The maximum Gasteiger partial charge on any atom is 0.409 e. The highest BCUT2D eigenvalue weighted by Gasteiger charge is 2.29. The van der Waals surface area contributed by atoms with Crippen molar-refractivity contribution in [3.05, 3.63) is 30.2 Å². The summed E-state index contributed by atoms with van der Waals surface area (Å²) in [4.78, 5) is 39.2. The molecule has 2 aromatic heterocycles. The van der Waals surface area contributed by atoms with Gasteiger partial charge in [0.25, 0.3) is 5.91 Å². The SMILES string of the molecule is CCCCOc1ccc2c(c1-c1ncnc3c(C(=O)NC4CCCN(C(=O)OCC)C4)c[nH]c13)OCO2. The van der Waals surface area contributed by atoms with Crippen molar-refractivity contribution in [1.29, 1.82) is 0 Å². The fourth-order valence-electron chi connectivity index (χ4n) is 4.67. The standard InChI is InChI=1S/C26H31N5O6/c1-3-5-11-35-18-8-9-19-24(37-15-36-19)20(18)22-23-21(28-14-29-22)17(12-27-23)25(32)30-16-7-6-10-31(13-16)26(33)34-4-2/h8-9,12,14,16,27H,3-7,10-11,13,15H2,1-2H3,(H,30,32). The van der Waals surface area contributed by atoms with Crippen LogP contribution in [0.5, 0.6) is 17.2 Å². The number of ether oxygens (including phenoxy) is 4. The van der Waals surface area contributed by atoms with Crippen molar-refractivity contribution in [3.63, 3.8) is 0 Å². The lowest BCUT2D eigenvalue weighted by Crippen LogP contribution is -2.49. The monoisotopic (exact) mass is 509 g/mol. The summed E-state index contributed by atoms with van der Waals surface area (Å²) in [5.41, 5.74) is 2.68. The first-order valence-corrected chi connectivity index (χ1v) is 12.7. The molecule has 1 saturated heterocycles. The smallest absolute Gasteiger partial charge is 0.409 e. The van der Waals surface area contributed by atoms with Gasteiger partial charge in [0.2, 0.25) is 6.79 Å². The summed E-state index contributed by atoms with van der Waals surface area (Å²) in [6.07, 6.45) is 6.17. The number of H-pyrrole nitrogens is 1. The second kappa shape index (κ2) is 10.9. The van der Waals surface area contributed by atoms with Crippen LogP contribution in [0.15, 0.2) is 24.7 Å². The molecule has 4 heterocycles. The average molecular weight is 510 g/mol. The third-order valence-electron chi connectivity index (χ3n) is 6.48. The van der Waals surface area contributed by atoms with E-state index in [9.17, 15) is 9.59 Å². The lowest BCUT2D eigenvalue weighted by Gasteiger charge is -2.32. The zero-order valence-electron chi connectivity index (χ0n) is 21.0. The number of nitrogens with zero attached hydrogens (tertiary/aromatic N) is 3. The number of benzene rings is 1. The second-order valence-corrected chi connectivity index (χ2v) is 8.98. The quantitative estimate of drug-likeness (QED) is 0.438. The van der Waals surface area contributed by atoms with Crippen LogP contribution in [-0.2, 0) is 4.74 Å². The lowest BCUT2D eigenvalue weighted by atomic mass is 10.0. The molecule has 37 heavy (non-hydrogen) atoms. The Labute approximate surface area is 214 Å².